The minimum absolute atomic E-state index is 0.200. The van der Waals surface area contributed by atoms with Crippen molar-refractivity contribution in [2.24, 2.45) is 0 Å². The lowest BCUT2D eigenvalue weighted by atomic mass is 10.2. The first-order valence-corrected chi connectivity index (χ1v) is 9.19. The Morgan fingerprint density at radius 2 is 1.76 bits per heavy atom. The molecule has 0 unspecified atom stereocenters. The van der Waals surface area contributed by atoms with Crippen LogP contribution in [-0.4, -0.2) is 18.4 Å². The van der Waals surface area contributed by atoms with Gasteiger partial charge in [0.05, 0.1) is 17.1 Å². The van der Waals surface area contributed by atoms with E-state index >= 15 is 0 Å². The van der Waals surface area contributed by atoms with Crippen LogP contribution in [0.15, 0.2) is 72.8 Å². The molecule has 2 amide bonds. The van der Waals surface area contributed by atoms with Crippen LogP contribution in [0.4, 0.5) is 10.1 Å². The highest BCUT2D eigenvalue weighted by molar-refractivity contribution is 6.33. The van der Waals surface area contributed by atoms with E-state index in [0.29, 0.717) is 22.0 Å². The van der Waals surface area contributed by atoms with Crippen molar-refractivity contribution in [3.8, 4) is 5.75 Å². The number of carbonyl (C=O) groups excluding carboxylic acids is 2. The molecule has 0 saturated carbocycles. The number of rotatable bonds is 7. The van der Waals surface area contributed by atoms with Gasteiger partial charge in [0.1, 0.15) is 18.2 Å². The van der Waals surface area contributed by atoms with Gasteiger partial charge in [-0.05, 0) is 42.0 Å². The average molecular weight is 413 g/mol. The molecule has 3 rings (SSSR count). The lowest BCUT2D eigenvalue weighted by molar-refractivity contribution is -0.115. The molecule has 0 bridgehead atoms. The van der Waals surface area contributed by atoms with Crippen molar-refractivity contribution in [2.75, 3.05) is 11.9 Å². The fraction of sp³-hybridized carbons (Fsp3) is 0.0909. The lowest BCUT2D eigenvalue weighted by Gasteiger charge is -2.10. The first-order valence-electron chi connectivity index (χ1n) is 8.81. The number of hydrogen-bond acceptors (Lipinski definition) is 3. The number of halogens is 2. The Morgan fingerprint density at radius 3 is 2.55 bits per heavy atom. The van der Waals surface area contributed by atoms with Gasteiger partial charge in [0.15, 0.2) is 0 Å². The Morgan fingerprint density at radius 1 is 0.966 bits per heavy atom. The summed E-state index contributed by atoms with van der Waals surface area (Å²) in [5.74, 6) is -0.763. The van der Waals surface area contributed by atoms with E-state index in [-0.39, 0.29) is 24.9 Å². The summed E-state index contributed by atoms with van der Waals surface area (Å²) in [6, 6.07) is 19.5. The van der Waals surface area contributed by atoms with Gasteiger partial charge in [-0.25, -0.2) is 4.39 Å². The summed E-state index contributed by atoms with van der Waals surface area (Å²) in [6.07, 6.45) is 0. The molecule has 7 heteroatoms. The topological polar surface area (TPSA) is 67.4 Å². The number of carbonyl (C=O) groups is 2. The van der Waals surface area contributed by atoms with E-state index in [0.717, 1.165) is 5.56 Å². The highest BCUT2D eigenvalue weighted by Gasteiger charge is 2.11. The molecule has 0 aliphatic heterocycles. The fourth-order valence-corrected chi connectivity index (χ4v) is 2.79. The number of anilines is 1. The predicted molar refractivity (Wildman–Crippen MR) is 110 cm³/mol. The third kappa shape index (κ3) is 6.05. The highest BCUT2D eigenvalue weighted by Crippen LogP contribution is 2.17. The quantitative estimate of drug-likeness (QED) is 0.603. The molecule has 2 N–H and O–H groups in total. The van der Waals surface area contributed by atoms with Gasteiger partial charge in [-0.3, -0.25) is 9.59 Å². The van der Waals surface area contributed by atoms with E-state index < -0.39 is 5.91 Å². The van der Waals surface area contributed by atoms with Crippen molar-refractivity contribution in [1.29, 1.82) is 0 Å². The van der Waals surface area contributed by atoms with Crippen LogP contribution in [-0.2, 0) is 11.4 Å². The van der Waals surface area contributed by atoms with E-state index in [2.05, 4.69) is 10.6 Å². The molecule has 29 heavy (non-hydrogen) atoms. The van der Waals surface area contributed by atoms with Gasteiger partial charge >= 0.3 is 0 Å². The number of ether oxygens (including phenoxy) is 1. The Bertz CT molecular complexity index is 1030. The number of amides is 2. The maximum Gasteiger partial charge on any atom is 0.253 e. The molecule has 3 aromatic rings. The van der Waals surface area contributed by atoms with Crippen molar-refractivity contribution in [3.63, 3.8) is 0 Å². The summed E-state index contributed by atoms with van der Waals surface area (Å²) in [4.78, 5) is 24.2. The first-order chi connectivity index (χ1) is 14.0. The summed E-state index contributed by atoms with van der Waals surface area (Å²) >= 11 is 5.97. The summed E-state index contributed by atoms with van der Waals surface area (Å²) < 4.78 is 18.7. The number of hydrogen-bond donors (Lipinski definition) is 2. The third-order valence-corrected chi connectivity index (χ3v) is 4.27. The summed E-state index contributed by atoms with van der Waals surface area (Å²) in [5.41, 5.74) is 1.66. The molecule has 0 aromatic heterocycles. The number of nitrogens with one attached hydrogen (secondary N) is 2. The van der Waals surface area contributed by atoms with Crippen molar-refractivity contribution in [3.05, 3.63) is 94.8 Å². The molecule has 0 radical (unpaired) electrons. The van der Waals surface area contributed by atoms with Crippen LogP contribution in [0.3, 0.4) is 0 Å². The van der Waals surface area contributed by atoms with Crippen LogP contribution in [0.2, 0.25) is 5.02 Å². The van der Waals surface area contributed by atoms with Gasteiger partial charge in [0.2, 0.25) is 5.91 Å². The molecule has 5 nitrogen and oxygen atoms in total. The van der Waals surface area contributed by atoms with Gasteiger partial charge in [-0.2, -0.15) is 0 Å². The predicted octanol–water partition coefficient (Wildman–Crippen LogP) is 4.43. The SMILES string of the molecule is O=C(CNC(=O)c1ccccc1Cl)Nc1cccc(COc2cccc(F)c2)c1. The van der Waals surface area contributed by atoms with Crippen LogP contribution in [0, 0.1) is 5.82 Å². The van der Waals surface area contributed by atoms with E-state index in [1.54, 1.807) is 54.6 Å². The first kappa shape index (κ1) is 20.4. The Balaban J connectivity index is 1.52. The fourth-order valence-electron chi connectivity index (χ4n) is 2.57. The molecule has 0 fully saturated rings. The van der Waals surface area contributed by atoms with E-state index in [9.17, 15) is 14.0 Å². The van der Waals surface area contributed by atoms with Crippen molar-refractivity contribution in [1.82, 2.24) is 5.32 Å². The second-order valence-corrected chi connectivity index (χ2v) is 6.56. The summed E-state index contributed by atoms with van der Waals surface area (Å²) in [7, 11) is 0. The van der Waals surface area contributed by atoms with Gasteiger partial charge in [0, 0.05) is 11.8 Å². The molecule has 0 spiro atoms. The minimum atomic E-state index is -0.428. The zero-order valence-corrected chi connectivity index (χ0v) is 16.1. The Hall–Kier alpha value is -3.38. The van der Waals surface area contributed by atoms with Crippen molar-refractivity contribution < 1.29 is 18.7 Å². The van der Waals surface area contributed by atoms with Crippen LogP contribution in [0.25, 0.3) is 0 Å². The van der Waals surface area contributed by atoms with E-state index in [1.807, 2.05) is 6.07 Å². The summed E-state index contributed by atoms with van der Waals surface area (Å²) in [6.45, 7) is 0.0183. The Labute approximate surface area is 172 Å². The lowest BCUT2D eigenvalue weighted by Crippen LogP contribution is -2.33. The average Bonchev–Trinajstić information content (AvgIpc) is 2.71. The second kappa shape index (κ2) is 9.71. The standard InChI is InChI=1S/C22H18ClFN2O3/c23-20-10-2-1-9-19(20)22(28)25-13-21(27)26-17-7-3-5-15(11-17)14-29-18-8-4-6-16(24)12-18/h1-12H,13-14H2,(H,25,28)(H,26,27). The molecule has 0 saturated heterocycles. The molecule has 3 aromatic carbocycles. The molecule has 148 valence electrons. The molecule has 0 aliphatic carbocycles. The van der Waals surface area contributed by atoms with Crippen LogP contribution in [0.5, 0.6) is 5.75 Å². The number of benzene rings is 3. The Kier molecular flexibility index (Phi) is 6.81. The largest absolute Gasteiger partial charge is 0.489 e. The maximum absolute atomic E-state index is 13.2. The van der Waals surface area contributed by atoms with Crippen LogP contribution in [0.1, 0.15) is 15.9 Å². The zero-order chi connectivity index (χ0) is 20.6. The summed E-state index contributed by atoms with van der Waals surface area (Å²) in [5, 5.41) is 5.56. The molecule has 0 heterocycles. The van der Waals surface area contributed by atoms with Crippen molar-refractivity contribution in [2.45, 2.75) is 6.61 Å². The zero-order valence-electron chi connectivity index (χ0n) is 15.3. The van der Waals surface area contributed by atoms with Gasteiger partial charge in [0.25, 0.3) is 5.91 Å². The van der Waals surface area contributed by atoms with E-state index in [4.69, 9.17) is 16.3 Å². The van der Waals surface area contributed by atoms with Crippen molar-refractivity contribution >= 4 is 29.1 Å². The third-order valence-electron chi connectivity index (χ3n) is 3.94. The smallest absolute Gasteiger partial charge is 0.253 e. The minimum Gasteiger partial charge on any atom is -0.489 e. The second-order valence-electron chi connectivity index (χ2n) is 6.16. The highest BCUT2D eigenvalue weighted by atomic mass is 35.5. The van der Waals surface area contributed by atoms with E-state index in [1.165, 1.54) is 12.1 Å². The van der Waals surface area contributed by atoms with Gasteiger partial charge in [-0.15, -0.1) is 0 Å². The monoisotopic (exact) mass is 412 g/mol. The molecule has 0 aliphatic rings. The van der Waals surface area contributed by atoms with Gasteiger partial charge in [-0.1, -0.05) is 41.9 Å². The maximum atomic E-state index is 13.2. The normalized spacial score (nSPS) is 10.3. The molecule has 0 atom stereocenters. The molecular formula is C22H18ClFN2O3. The molecular weight excluding hydrogens is 395 g/mol. The van der Waals surface area contributed by atoms with Crippen LogP contribution >= 0.6 is 11.6 Å². The van der Waals surface area contributed by atoms with Gasteiger partial charge < -0.3 is 15.4 Å². The van der Waals surface area contributed by atoms with Crippen LogP contribution < -0.4 is 15.4 Å².